The van der Waals surface area contributed by atoms with Crippen molar-refractivity contribution < 1.29 is 0 Å². The molecule has 21 heavy (non-hydrogen) atoms. The van der Waals surface area contributed by atoms with Crippen LogP contribution in [0.25, 0.3) is 10.9 Å². The highest BCUT2D eigenvalue weighted by molar-refractivity contribution is 5.81. The first-order valence-corrected chi connectivity index (χ1v) is 7.26. The van der Waals surface area contributed by atoms with E-state index in [0.29, 0.717) is 5.92 Å². The molecule has 108 valence electrons. The van der Waals surface area contributed by atoms with E-state index in [1.54, 1.807) is 0 Å². The van der Waals surface area contributed by atoms with Crippen LogP contribution in [-0.2, 0) is 6.54 Å². The third kappa shape index (κ3) is 2.61. The van der Waals surface area contributed by atoms with Crippen LogP contribution in [-0.4, -0.2) is 21.6 Å². The van der Waals surface area contributed by atoms with Crippen LogP contribution >= 0.6 is 0 Å². The fraction of sp³-hybridized carbons (Fsp3) is 0.294. The van der Waals surface area contributed by atoms with Crippen molar-refractivity contribution in [2.24, 2.45) is 0 Å². The Hall–Kier alpha value is -2.36. The van der Waals surface area contributed by atoms with Crippen molar-refractivity contribution in [1.82, 2.24) is 14.5 Å². The first-order valence-electron chi connectivity index (χ1n) is 7.26. The van der Waals surface area contributed by atoms with Crippen molar-refractivity contribution in [1.29, 1.82) is 0 Å². The van der Waals surface area contributed by atoms with Gasteiger partial charge in [-0.15, -0.1) is 0 Å². The third-order valence-corrected chi connectivity index (χ3v) is 3.64. The quantitative estimate of drug-likeness (QED) is 0.793. The lowest BCUT2D eigenvalue weighted by atomic mass is 10.1. The molecule has 4 heteroatoms. The number of benzene rings is 1. The first kappa shape index (κ1) is 13.6. The predicted octanol–water partition coefficient (Wildman–Crippen LogP) is 3.64. The lowest BCUT2D eigenvalue weighted by Gasteiger charge is -2.14. The van der Waals surface area contributed by atoms with Crippen molar-refractivity contribution in [3.63, 3.8) is 0 Å². The zero-order valence-electron chi connectivity index (χ0n) is 12.7. The van der Waals surface area contributed by atoms with Crippen molar-refractivity contribution in [2.45, 2.75) is 26.3 Å². The Morgan fingerprint density at radius 2 is 2.05 bits per heavy atom. The molecule has 0 amide bonds. The maximum absolute atomic E-state index is 4.70. The Morgan fingerprint density at radius 3 is 2.81 bits per heavy atom. The highest BCUT2D eigenvalue weighted by Crippen LogP contribution is 2.22. The summed E-state index contributed by atoms with van der Waals surface area (Å²) in [6.07, 6.45) is 3.90. The van der Waals surface area contributed by atoms with Crippen molar-refractivity contribution in [2.75, 3.05) is 12.4 Å². The van der Waals surface area contributed by atoms with E-state index in [-0.39, 0.29) is 0 Å². The number of imidazole rings is 1. The summed E-state index contributed by atoms with van der Waals surface area (Å²) in [5.41, 5.74) is 2.19. The number of para-hydroxylation sites is 1. The zero-order chi connectivity index (χ0) is 14.8. The molecule has 0 saturated heterocycles. The van der Waals surface area contributed by atoms with Gasteiger partial charge in [-0.1, -0.05) is 32.0 Å². The molecule has 0 fully saturated rings. The summed E-state index contributed by atoms with van der Waals surface area (Å²) < 4.78 is 2.19. The Balaban J connectivity index is 2.04. The Bertz CT molecular complexity index is 758. The second-order valence-electron chi connectivity index (χ2n) is 5.51. The molecule has 0 radical (unpaired) electrons. The van der Waals surface area contributed by atoms with E-state index < -0.39 is 0 Å². The van der Waals surface area contributed by atoms with Gasteiger partial charge < -0.3 is 9.88 Å². The van der Waals surface area contributed by atoms with E-state index in [1.807, 2.05) is 37.6 Å². The molecule has 3 rings (SSSR count). The summed E-state index contributed by atoms with van der Waals surface area (Å²) in [4.78, 5) is 9.16. The minimum atomic E-state index is 0.409. The topological polar surface area (TPSA) is 42.7 Å². The van der Waals surface area contributed by atoms with Crippen LogP contribution in [0.2, 0.25) is 0 Å². The molecule has 2 aromatic heterocycles. The van der Waals surface area contributed by atoms with Crippen LogP contribution in [0.15, 0.2) is 42.7 Å². The van der Waals surface area contributed by atoms with Gasteiger partial charge in [0.05, 0.1) is 12.1 Å². The van der Waals surface area contributed by atoms with E-state index in [0.717, 1.165) is 29.1 Å². The van der Waals surface area contributed by atoms with Crippen molar-refractivity contribution in [3.05, 3.63) is 54.1 Å². The molecule has 0 atom stereocenters. The number of hydrogen-bond donors (Lipinski definition) is 1. The predicted molar refractivity (Wildman–Crippen MR) is 86.7 cm³/mol. The Labute approximate surface area is 124 Å². The molecule has 3 aromatic rings. The molecule has 0 aliphatic carbocycles. The summed E-state index contributed by atoms with van der Waals surface area (Å²) in [5, 5.41) is 4.37. The van der Waals surface area contributed by atoms with Gasteiger partial charge in [0.2, 0.25) is 0 Å². The number of nitrogens with one attached hydrogen (secondary N) is 1. The van der Waals surface area contributed by atoms with Gasteiger partial charge in [0.15, 0.2) is 0 Å². The van der Waals surface area contributed by atoms with Crippen molar-refractivity contribution >= 4 is 16.7 Å². The van der Waals surface area contributed by atoms with Crippen LogP contribution < -0.4 is 5.32 Å². The highest BCUT2D eigenvalue weighted by Gasteiger charge is 2.11. The average Bonchev–Trinajstić information content (AvgIpc) is 2.95. The molecule has 2 heterocycles. The van der Waals surface area contributed by atoms with Crippen molar-refractivity contribution in [3.8, 4) is 0 Å². The molecule has 0 spiro atoms. The van der Waals surface area contributed by atoms with Gasteiger partial charge in [0.25, 0.3) is 0 Å². The second-order valence-corrected chi connectivity index (χ2v) is 5.51. The van der Waals surface area contributed by atoms with Gasteiger partial charge in [0, 0.05) is 36.3 Å². The Kier molecular flexibility index (Phi) is 3.60. The maximum Gasteiger partial charge on any atom is 0.131 e. The fourth-order valence-electron chi connectivity index (χ4n) is 2.64. The number of anilines is 1. The summed E-state index contributed by atoms with van der Waals surface area (Å²) in [5.74, 6) is 2.44. The number of nitrogens with zero attached hydrogens (tertiary/aromatic N) is 3. The average molecular weight is 280 g/mol. The summed E-state index contributed by atoms with van der Waals surface area (Å²) in [6.45, 7) is 5.11. The summed E-state index contributed by atoms with van der Waals surface area (Å²) in [7, 11) is 1.91. The van der Waals surface area contributed by atoms with Crippen LogP contribution in [0.4, 0.5) is 5.82 Å². The van der Waals surface area contributed by atoms with Gasteiger partial charge >= 0.3 is 0 Å². The lowest BCUT2D eigenvalue weighted by molar-refractivity contribution is 0.670. The molecule has 0 unspecified atom stereocenters. The molecule has 0 saturated carbocycles. The molecule has 0 aliphatic rings. The van der Waals surface area contributed by atoms with E-state index >= 15 is 0 Å². The number of hydrogen-bond acceptors (Lipinski definition) is 3. The van der Waals surface area contributed by atoms with Gasteiger partial charge in [0.1, 0.15) is 11.6 Å². The number of aromatic nitrogens is 3. The van der Waals surface area contributed by atoms with Crippen LogP contribution in [0.5, 0.6) is 0 Å². The number of rotatable bonds is 4. The maximum atomic E-state index is 4.70. The minimum Gasteiger partial charge on any atom is -0.373 e. The molecule has 0 aliphatic heterocycles. The van der Waals surface area contributed by atoms with Gasteiger partial charge in [-0.3, -0.25) is 0 Å². The van der Waals surface area contributed by atoms with E-state index in [4.69, 9.17) is 4.98 Å². The Morgan fingerprint density at radius 1 is 1.24 bits per heavy atom. The summed E-state index contributed by atoms with van der Waals surface area (Å²) in [6, 6.07) is 10.4. The van der Waals surface area contributed by atoms with Gasteiger partial charge in [-0.05, 0) is 12.1 Å². The largest absolute Gasteiger partial charge is 0.373 e. The van der Waals surface area contributed by atoms with Crippen LogP contribution in [0.1, 0.15) is 31.2 Å². The van der Waals surface area contributed by atoms with E-state index in [2.05, 4.69) is 40.8 Å². The normalized spacial score (nSPS) is 11.2. The lowest BCUT2D eigenvalue weighted by Crippen LogP contribution is -2.08. The fourth-order valence-corrected chi connectivity index (χ4v) is 2.64. The highest BCUT2D eigenvalue weighted by atomic mass is 15.1. The van der Waals surface area contributed by atoms with Crippen LogP contribution in [0.3, 0.4) is 0 Å². The zero-order valence-corrected chi connectivity index (χ0v) is 12.7. The number of pyridine rings is 1. The van der Waals surface area contributed by atoms with Gasteiger partial charge in [-0.25, -0.2) is 9.97 Å². The molecule has 0 bridgehead atoms. The molecular formula is C17H20N4. The standard InChI is InChI=1S/C17H20N4/c1-12(2)17-19-8-9-21(17)11-14-10-13-6-4-5-7-15(13)20-16(14)18-3/h4-10,12H,11H2,1-3H3,(H,18,20). The first-order chi connectivity index (χ1) is 10.2. The molecular weight excluding hydrogens is 260 g/mol. The molecule has 4 nitrogen and oxygen atoms in total. The van der Waals surface area contributed by atoms with E-state index in [1.165, 1.54) is 5.56 Å². The van der Waals surface area contributed by atoms with Gasteiger partial charge in [-0.2, -0.15) is 0 Å². The SMILES string of the molecule is CNc1nc2ccccc2cc1Cn1ccnc1C(C)C. The number of fused-ring (bicyclic) bond motifs is 1. The van der Waals surface area contributed by atoms with E-state index in [9.17, 15) is 0 Å². The minimum absolute atomic E-state index is 0.409. The molecule has 1 N–H and O–H groups in total. The second kappa shape index (κ2) is 5.56. The van der Waals surface area contributed by atoms with Crippen LogP contribution in [0, 0.1) is 0 Å². The summed E-state index contributed by atoms with van der Waals surface area (Å²) >= 11 is 0. The molecule has 1 aromatic carbocycles. The smallest absolute Gasteiger partial charge is 0.131 e. The third-order valence-electron chi connectivity index (χ3n) is 3.64. The monoisotopic (exact) mass is 280 g/mol.